The lowest BCUT2D eigenvalue weighted by Gasteiger charge is -2.11. The van der Waals surface area contributed by atoms with Crippen molar-refractivity contribution in [1.82, 2.24) is 0 Å². The Labute approximate surface area is 80.8 Å². The molecule has 2 N–H and O–H groups in total. The van der Waals surface area contributed by atoms with Gasteiger partial charge in [0.15, 0.2) is 0 Å². The van der Waals surface area contributed by atoms with E-state index in [1.54, 1.807) is 0 Å². The Morgan fingerprint density at radius 3 is 2.67 bits per heavy atom. The number of nitrogens with two attached hydrogens (primary N) is 1. The van der Waals surface area contributed by atoms with Crippen molar-refractivity contribution in [3.8, 4) is 0 Å². The SMILES string of the molecule is C=CCCCC(N)CSC(C)C. The first-order valence-electron chi connectivity index (χ1n) is 4.65. The van der Waals surface area contributed by atoms with Crippen LogP contribution in [0.5, 0.6) is 0 Å². The minimum atomic E-state index is 0.373. The fraction of sp³-hybridized carbons (Fsp3) is 0.800. The predicted octanol–water partition coefficient (Wildman–Crippen LogP) is 2.81. The van der Waals surface area contributed by atoms with Gasteiger partial charge < -0.3 is 5.73 Å². The number of hydrogen-bond acceptors (Lipinski definition) is 2. The first-order valence-corrected chi connectivity index (χ1v) is 5.69. The molecule has 0 aromatic heterocycles. The summed E-state index contributed by atoms with van der Waals surface area (Å²) >= 11 is 1.95. The van der Waals surface area contributed by atoms with E-state index in [0.717, 1.165) is 18.6 Å². The maximum absolute atomic E-state index is 5.91. The van der Waals surface area contributed by atoms with Gasteiger partial charge in [0.2, 0.25) is 0 Å². The highest BCUT2D eigenvalue weighted by Crippen LogP contribution is 2.12. The lowest BCUT2D eigenvalue weighted by atomic mass is 10.1. The molecular weight excluding hydrogens is 166 g/mol. The van der Waals surface area contributed by atoms with Gasteiger partial charge in [0.05, 0.1) is 0 Å². The summed E-state index contributed by atoms with van der Waals surface area (Å²) in [5.74, 6) is 1.09. The van der Waals surface area contributed by atoms with Crippen molar-refractivity contribution >= 4 is 11.8 Å². The van der Waals surface area contributed by atoms with Crippen LogP contribution in [-0.4, -0.2) is 17.0 Å². The Kier molecular flexibility index (Phi) is 7.72. The average molecular weight is 187 g/mol. The molecule has 0 radical (unpaired) electrons. The lowest BCUT2D eigenvalue weighted by Crippen LogP contribution is -2.23. The lowest BCUT2D eigenvalue weighted by molar-refractivity contribution is 0.637. The third kappa shape index (κ3) is 8.15. The van der Waals surface area contributed by atoms with E-state index in [-0.39, 0.29) is 0 Å². The molecule has 0 saturated carbocycles. The zero-order valence-electron chi connectivity index (χ0n) is 8.25. The fourth-order valence-electron chi connectivity index (χ4n) is 0.924. The van der Waals surface area contributed by atoms with Crippen molar-refractivity contribution in [2.45, 2.75) is 44.4 Å². The van der Waals surface area contributed by atoms with Crippen molar-refractivity contribution in [3.05, 3.63) is 12.7 Å². The second kappa shape index (κ2) is 7.69. The highest BCUT2D eigenvalue weighted by Gasteiger charge is 2.03. The molecule has 72 valence electrons. The Balaban J connectivity index is 3.21. The molecule has 1 nitrogen and oxygen atoms in total. The molecule has 12 heavy (non-hydrogen) atoms. The Hall–Kier alpha value is 0.0500. The minimum Gasteiger partial charge on any atom is -0.327 e. The largest absolute Gasteiger partial charge is 0.327 e. The molecule has 0 aromatic carbocycles. The molecule has 0 aromatic rings. The molecule has 0 fully saturated rings. The van der Waals surface area contributed by atoms with Crippen LogP contribution in [0.15, 0.2) is 12.7 Å². The molecule has 0 spiro atoms. The summed E-state index contributed by atoms with van der Waals surface area (Å²) in [5, 5.41) is 0.704. The maximum atomic E-state index is 5.91. The first-order chi connectivity index (χ1) is 5.66. The van der Waals surface area contributed by atoms with E-state index in [2.05, 4.69) is 20.4 Å². The Morgan fingerprint density at radius 2 is 2.17 bits per heavy atom. The quantitative estimate of drug-likeness (QED) is 0.490. The number of hydrogen-bond donors (Lipinski definition) is 1. The van der Waals surface area contributed by atoms with Gasteiger partial charge in [0.25, 0.3) is 0 Å². The fourth-order valence-corrected chi connectivity index (χ4v) is 1.72. The Bertz CT molecular complexity index is 112. The van der Waals surface area contributed by atoms with Gasteiger partial charge in [-0.25, -0.2) is 0 Å². The van der Waals surface area contributed by atoms with E-state index in [0.29, 0.717) is 11.3 Å². The summed E-state index contributed by atoms with van der Waals surface area (Å²) in [6.45, 7) is 8.10. The highest BCUT2D eigenvalue weighted by atomic mass is 32.2. The molecule has 0 saturated heterocycles. The first kappa shape index (κ1) is 12.0. The normalized spacial score (nSPS) is 13.3. The summed E-state index contributed by atoms with van der Waals surface area (Å²) in [7, 11) is 0. The second-order valence-electron chi connectivity index (χ2n) is 3.36. The van der Waals surface area contributed by atoms with Gasteiger partial charge in [-0.2, -0.15) is 11.8 Å². The summed E-state index contributed by atoms with van der Waals surface area (Å²) in [5.41, 5.74) is 5.91. The molecule has 1 atom stereocenters. The van der Waals surface area contributed by atoms with Crippen LogP contribution in [0.4, 0.5) is 0 Å². The molecule has 0 heterocycles. The van der Waals surface area contributed by atoms with Gasteiger partial charge in [-0.15, -0.1) is 6.58 Å². The Morgan fingerprint density at radius 1 is 1.50 bits per heavy atom. The zero-order valence-corrected chi connectivity index (χ0v) is 9.07. The standard InChI is InChI=1S/C10H21NS/c1-4-5-6-7-10(11)8-12-9(2)3/h4,9-10H,1,5-8,11H2,2-3H3. The number of thioether (sulfide) groups is 1. The van der Waals surface area contributed by atoms with Crippen LogP contribution in [0.3, 0.4) is 0 Å². The van der Waals surface area contributed by atoms with E-state index in [1.807, 2.05) is 17.8 Å². The molecule has 0 rings (SSSR count). The van der Waals surface area contributed by atoms with Crippen molar-refractivity contribution in [3.63, 3.8) is 0 Å². The van der Waals surface area contributed by atoms with Crippen LogP contribution in [0.1, 0.15) is 33.1 Å². The van der Waals surface area contributed by atoms with Crippen LogP contribution in [-0.2, 0) is 0 Å². The van der Waals surface area contributed by atoms with Crippen molar-refractivity contribution < 1.29 is 0 Å². The van der Waals surface area contributed by atoms with Gasteiger partial charge in [0.1, 0.15) is 0 Å². The monoisotopic (exact) mass is 187 g/mol. The van der Waals surface area contributed by atoms with Gasteiger partial charge in [-0.3, -0.25) is 0 Å². The molecular formula is C10H21NS. The highest BCUT2D eigenvalue weighted by molar-refractivity contribution is 7.99. The molecule has 0 aliphatic rings. The van der Waals surface area contributed by atoms with Gasteiger partial charge >= 0.3 is 0 Å². The number of rotatable bonds is 7. The van der Waals surface area contributed by atoms with Crippen molar-refractivity contribution in [2.75, 3.05) is 5.75 Å². The van der Waals surface area contributed by atoms with Crippen LogP contribution in [0.2, 0.25) is 0 Å². The van der Waals surface area contributed by atoms with Crippen molar-refractivity contribution in [2.24, 2.45) is 5.73 Å². The smallest absolute Gasteiger partial charge is 0.0130 e. The van der Waals surface area contributed by atoms with Crippen LogP contribution in [0.25, 0.3) is 0 Å². The summed E-state index contributed by atoms with van der Waals surface area (Å²) in [6.07, 6.45) is 5.37. The third-order valence-corrected chi connectivity index (χ3v) is 2.91. The molecule has 0 bridgehead atoms. The topological polar surface area (TPSA) is 26.0 Å². The zero-order chi connectivity index (χ0) is 9.40. The number of allylic oxidation sites excluding steroid dienone is 1. The van der Waals surface area contributed by atoms with E-state index in [9.17, 15) is 0 Å². The van der Waals surface area contributed by atoms with E-state index in [4.69, 9.17) is 5.73 Å². The molecule has 2 heteroatoms. The van der Waals surface area contributed by atoms with Crippen LogP contribution < -0.4 is 5.73 Å². The molecule has 0 aliphatic heterocycles. The minimum absolute atomic E-state index is 0.373. The summed E-state index contributed by atoms with van der Waals surface area (Å²) in [6, 6.07) is 0.373. The van der Waals surface area contributed by atoms with E-state index in [1.165, 1.54) is 6.42 Å². The molecule has 0 amide bonds. The molecule has 1 unspecified atom stereocenters. The van der Waals surface area contributed by atoms with E-state index >= 15 is 0 Å². The van der Waals surface area contributed by atoms with Gasteiger partial charge in [0, 0.05) is 11.8 Å². The van der Waals surface area contributed by atoms with E-state index < -0.39 is 0 Å². The van der Waals surface area contributed by atoms with Gasteiger partial charge in [-0.1, -0.05) is 19.9 Å². The van der Waals surface area contributed by atoms with Crippen LogP contribution >= 0.6 is 11.8 Å². The average Bonchev–Trinajstić information content (AvgIpc) is 2.01. The van der Waals surface area contributed by atoms with Gasteiger partial charge in [-0.05, 0) is 24.5 Å². The van der Waals surface area contributed by atoms with Crippen molar-refractivity contribution in [1.29, 1.82) is 0 Å². The predicted molar refractivity (Wildman–Crippen MR) is 59.6 cm³/mol. The van der Waals surface area contributed by atoms with Crippen LogP contribution in [0, 0.1) is 0 Å². The second-order valence-corrected chi connectivity index (χ2v) is 4.97. The third-order valence-electron chi connectivity index (χ3n) is 1.63. The summed E-state index contributed by atoms with van der Waals surface area (Å²) in [4.78, 5) is 0. The number of unbranched alkanes of at least 4 members (excludes halogenated alkanes) is 1. The summed E-state index contributed by atoms with van der Waals surface area (Å²) < 4.78 is 0. The molecule has 0 aliphatic carbocycles. The maximum Gasteiger partial charge on any atom is 0.0130 e.